The molecule has 5 nitrogen and oxygen atoms in total. The molecule has 3 rings (SSSR count). The van der Waals surface area contributed by atoms with Crippen molar-refractivity contribution in [2.24, 2.45) is 0 Å². The Hall–Kier alpha value is -2.48. The number of sulfonamides is 1. The molecule has 0 aromatic heterocycles. The molecule has 0 saturated heterocycles. The minimum absolute atomic E-state index is 0.109. The summed E-state index contributed by atoms with van der Waals surface area (Å²) in [6.07, 6.45) is 0. The lowest BCUT2D eigenvalue weighted by molar-refractivity contribution is -0.122. The molecule has 3 aromatic carbocycles. The number of carbonyl (C=O) groups excluding carboxylic acids is 1. The topological polar surface area (TPSA) is 66.5 Å². The first-order chi connectivity index (χ1) is 14.4. The maximum Gasteiger partial charge on any atom is 0.243 e. The van der Waals surface area contributed by atoms with Gasteiger partial charge in [0.2, 0.25) is 15.9 Å². The van der Waals surface area contributed by atoms with E-state index < -0.39 is 10.0 Å². The van der Waals surface area contributed by atoms with Gasteiger partial charge in [0, 0.05) is 11.0 Å². The number of hydrogen-bond acceptors (Lipinski definition) is 3. The van der Waals surface area contributed by atoms with Gasteiger partial charge in [0.05, 0.1) is 17.5 Å². The summed E-state index contributed by atoms with van der Waals surface area (Å²) in [6, 6.07) is 24.8. The van der Waals surface area contributed by atoms with Crippen LogP contribution in [0.1, 0.15) is 24.1 Å². The van der Waals surface area contributed by atoms with Crippen molar-refractivity contribution in [3.05, 3.63) is 101 Å². The van der Waals surface area contributed by atoms with E-state index in [0.29, 0.717) is 0 Å². The molecule has 0 bridgehead atoms. The lowest BCUT2D eigenvalue weighted by atomic mass is 10.1. The minimum atomic E-state index is -3.83. The fourth-order valence-corrected chi connectivity index (χ4v) is 4.71. The predicted molar refractivity (Wildman–Crippen MR) is 121 cm³/mol. The number of rotatable bonds is 8. The normalized spacial score (nSPS) is 12.5. The van der Waals surface area contributed by atoms with Gasteiger partial charge in [-0.3, -0.25) is 4.79 Å². The van der Waals surface area contributed by atoms with Crippen molar-refractivity contribution in [2.45, 2.75) is 24.4 Å². The molecule has 156 valence electrons. The maximum atomic E-state index is 13.2. The number of halogens is 1. The van der Waals surface area contributed by atoms with Gasteiger partial charge in [0.15, 0.2) is 0 Å². The molecule has 1 N–H and O–H groups in total. The fraction of sp³-hybridized carbons (Fsp3) is 0.174. The van der Waals surface area contributed by atoms with Gasteiger partial charge in [-0.1, -0.05) is 76.6 Å². The van der Waals surface area contributed by atoms with Crippen LogP contribution in [0.25, 0.3) is 0 Å². The van der Waals surface area contributed by atoms with Crippen LogP contribution in [0.5, 0.6) is 0 Å². The largest absolute Gasteiger partial charge is 0.348 e. The summed E-state index contributed by atoms with van der Waals surface area (Å²) in [5, 5.41) is 2.90. The zero-order valence-corrected chi connectivity index (χ0v) is 18.9. The Labute approximate surface area is 185 Å². The number of nitrogens with zero attached hydrogens (tertiary/aromatic N) is 1. The van der Waals surface area contributed by atoms with E-state index in [1.54, 1.807) is 18.2 Å². The molecule has 1 atom stereocenters. The highest BCUT2D eigenvalue weighted by atomic mass is 79.9. The Bertz CT molecular complexity index is 1070. The molecular formula is C23H23BrN2O3S. The molecule has 0 radical (unpaired) electrons. The van der Waals surface area contributed by atoms with Crippen molar-refractivity contribution < 1.29 is 13.2 Å². The zero-order chi connectivity index (χ0) is 21.6. The van der Waals surface area contributed by atoms with Crippen LogP contribution in [-0.4, -0.2) is 25.2 Å². The Morgan fingerprint density at radius 3 is 2.10 bits per heavy atom. The van der Waals surface area contributed by atoms with E-state index in [-0.39, 0.29) is 29.9 Å². The molecule has 0 fully saturated rings. The van der Waals surface area contributed by atoms with Gasteiger partial charge in [-0.2, -0.15) is 4.31 Å². The Balaban J connectivity index is 1.79. The van der Waals surface area contributed by atoms with E-state index in [1.165, 1.54) is 16.4 Å². The molecule has 30 heavy (non-hydrogen) atoms. The first kappa shape index (κ1) is 22.2. The second-order valence-corrected chi connectivity index (χ2v) is 9.77. The molecule has 7 heteroatoms. The number of carbonyl (C=O) groups is 1. The van der Waals surface area contributed by atoms with E-state index in [4.69, 9.17) is 0 Å². The van der Waals surface area contributed by atoms with Gasteiger partial charge in [0.25, 0.3) is 0 Å². The standard InChI is InChI=1S/C23H23BrN2O3S/c1-18(20-12-14-21(24)15-13-20)25-23(27)17-26(16-19-8-4-2-5-9-19)30(28,29)22-10-6-3-7-11-22/h2-15,18H,16-17H2,1H3,(H,25,27)/t18-/m1/s1. The molecule has 3 aromatic rings. The van der Waals surface area contributed by atoms with Gasteiger partial charge in [0.1, 0.15) is 0 Å². The van der Waals surface area contributed by atoms with E-state index in [2.05, 4.69) is 21.2 Å². The van der Waals surface area contributed by atoms with Crippen LogP contribution in [-0.2, 0) is 21.4 Å². The first-order valence-electron chi connectivity index (χ1n) is 9.50. The van der Waals surface area contributed by atoms with Crippen LogP contribution in [0, 0.1) is 0 Å². The summed E-state index contributed by atoms with van der Waals surface area (Å²) in [4.78, 5) is 12.9. The van der Waals surface area contributed by atoms with Crippen molar-refractivity contribution in [2.75, 3.05) is 6.54 Å². The second-order valence-electron chi connectivity index (χ2n) is 6.91. The van der Waals surface area contributed by atoms with Crippen molar-refractivity contribution >= 4 is 31.9 Å². The molecular weight excluding hydrogens is 464 g/mol. The minimum Gasteiger partial charge on any atom is -0.348 e. The van der Waals surface area contributed by atoms with E-state index in [1.807, 2.05) is 61.5 Å². The van der Waals surface area contributed by atoms with E-state index >= 15 is 0 Å². The van der Waals surface area contributed by atoms with Crippen molar-refractivity contribution in [1.82, 2.24) is 9.62 Å². The Kier molecular flexibility index (Phi) is 7.42. The highest BCUT2D eigenvalue weighted by Crippen LogP contribution is 2.19. The van der Waals surface area contributed by atoms with Crippen molar-refractivity contribution in [1.29, 1.82) is 0 Å². The van der Waals surface area contributed by atoms with Crippen LogP contribution in [0.4, 0.5) is 0 Å². The van der Waals surface area contributed by atoms with Gasteiger partial charge in [-0.25, -0.2) is 8.42 Å². The first-order valence-corrected chi connectivity index (χ1v) is 11.7. The molecule has 0 heterocycles. The lowest BCUT2D eigenvalue weighted by Crippen LogP contribution is -2.41. The summed E-state index contributed by atoms with van der Waals surface area (Å²) in [6.45, 7) is 1.71. The third kappa shape index (κ3) is 5.78. The number of nitrogens with one attached hydrogen (secondary N) is 1. The average molecular weight is 487 g/mol. The Morgan fingerprint density at radius 1 is 0.933 bits per heavy atom. The third-order valence-electron chi connectivity index (χ3n) is 4.65. The summed E-state index contributed by atoms with van der Waals surface area (Å²) in [5.41, 5.74) is 1.75. The predicted octanol–water partition coefficient (Wildman–Crippen LogP) is 4.52. The Morgan fingerprint density at radius 2 is 1.50 bits per heavy atom. The smallest absolute Gasteiger partial charge is 0.243 e. The summed E-state index contributed by atoms with van der Waals surface area (Å²) in [5.74, 6) is -0.360. The summed E-state index contributed by atoms with van der Waals surface area (Å²) < 4.78 is 28.6. The van der Waals surface area contributed by atoms with E-state index in [9.17, 15) is 13.2 Å². The monoisotopic (exact) mass is 486 g/mol. The highest BCUT2D eigenvalue weighted by molar-refractivity contribution is 9.10. The third-order valence-corrected chi connectivity index (χ3v) is 6.98. The molecule has 0 unspecified atom stereocenters. The molecule has 0 aliphatic heterocycles. The van der Waals surface area contributed by atoms with Crippen LogP contribution in [0.15, 0.2) is 94.3 Å². The van der Waals surface area contributed by atoms with Crippen molar-refractivity contribution in [3.63, 3.8) is 0 Å². The van der Waals surface area contributed by atoms with Gasteiger partial charge in [-0.15, -0.1) is 0 Å². The van der Waals surface area contributed by atoms with Gasteiger partial charge in [-0.05, 0) is 42.3 Å². The van der Waals surface area contributed by atoms with Crippen LogP contribution < -0.4 is 5.32 Å². The van der Waals surface area contributed by atoms with Gasteiger partial charge >= 0.3 is 0 Å². The van der Waals surface area contributed by atoms with Crippen LogP contribution in [0.3, 0.4) is 0 Å². The molecule has 0 aliphatic rings. The number of hydrogen-bond donors (Lipinski definition) is 1. The molecule has 0 saturated carbocycles. The summed E-state index contributed by atoms with van der Waals surface area (Å²) in [7, 11) is -3.83. The summed E-state index contributed by atoms with van der Waals surface area (Å²) >= 11 is 3.39. The fourth-order valence-electron chi connectivity index (χ4n) is 3.04. The van der Waals surface area contributed by atoms with Gasteiger partial charge < -0.3 is 5.32 Å². The van der Waals surface area contributed by atoms with E-state index in [0.717, 1.165) is 15.6 Å². The van der Waals surface area contributed by atoms with Crippen LogP contribution in [0.2, 0.25) is 0 Å². The maximum absolute atomic E-state index is 13.2. The molecule has 0 spiro atoms. The molecule has 0 aliphatic carbocycles. The second kappa shape index (κ2) is 10.0. The number of benzene rings is 3. The average Bonchev–Trinajstić information content (AvgIpc) is 2.75. The lowest BCUT2D eigenvalue weighted by Gasteiger charge is -2.23. The zero-order valence-electron chi connectivity index (χ0n) is 16.5. The van der Waals surface area contributed by atoms with Crippen molar-refractivity contribution in [3.8, 4) is 0 Å². The number of amides is 1. The quantitative estimate of drug-likeness (QED) is 0.508. The molecule has 1 amide bonds. The van der Waals surface area contributed by atoms with Crippen LogP contribution >= 0.6 is 15.9 Å². The SMILES string of the molecule is C[C@@H](NC(=O)CN(Cc1ccccc1)S(=O)(=O)c1ccccc1)c1ccc(Br)cc1. The highest BCUT2D eigenvalue weighted by Gasteiger charge is 2.27.